The fourth-order valence-corrected chi connectivity index (χ4v) is 2.74. The fourth-order valence-electron chi connectivity index (χ4n) is 2.49. The van der Waals surface area contributed by atoms with Crippen LogP contribution in [0.1, 0.15) is 24.1 Å². The number of rotatable bonds is 4. The van der Waals surface area contributed by atoms with Crippen LogP contribution in [0.3, 0.4) is 0 Å². The van der Waals surface area contributed by atoms with E-state index in [0.29, 0.717) is 10.6 Å². The molecule has 0 amide bonds. The highest BCUT2D eigenvalue weighted by molar-refractivity contribution is 6.31. The van der Waals surface area contributed by atoms with Crippen LogP contribution in [0, 0.1) is 11.3 Å². The molecule has 0 fully saturated rings. The smallest absolute Gasteiger partial charge is 0.0991 e. The van der Waals surface area contributed by atoms with E-state index in [9.17, 15) is 0 Å². The maximum absolute atomic E-state index is 8.88. The molecule has 0 aliphatic rings. The molecule has 2 rings (SSSR count). The predicted octanol–water partition coefficient (Wildman–Crippen LogP) is 3.74. The van der Waals surface area contributed by atoms with Gasteiger partial charge in [-0.15, -0.1) is 0 Å². The Morgan fingerprint density at radius 2 is 1.76 bits per heavy atom. The van der Waals surface area contributed by atoms with Gasteiger partial charge in [0.25, 0.3) is 0 Å². The molecule has 2 N–H and O–H groups in total. The molecule has 0 saturated heterocycles. The first-order valence-corrected chi connectivity index (χ1v) is 7.15. The van der Waals surface area contributed by atoms with Crippen molar-refractivity contribution in [3.63, 3.8) is 0 Å². The number of benzene rings is 2. The Kier molecular flexibility index (Phi) is 4.85. The summed E-state index contributed by atoms with van der Waals surface area (Å²) in [5.74, 6) is 0. The summed E-state index contributed by atoms with van der Waals surface area (Å²) in [7, 11) is 1.98. The van der Waals surface area contributed by atoms with E-state index in [0.717, 1.165) is 11.3 Å². The number of hydrogen-bond donors (Lipinski definition) is 1. The van der Waals surface area contributed by atoms with E-state index in [1.54, 1.807) is 12.1 Å². The summed E-state index contributed by atoms with van der Waals surface area (Å²) in [5, 5.41) is 9.59. The molecule has 0 aliphatic carbocycles. The number of halogens is 1. The van der Waals surface area contributed by atoms with E-state index in [1.807, 2.05) is 50.4 Å². The van der Waals surface area contributed by atoms with Crippen LogP contribution in [0.25, 0.3) is 0 Å². The van der Waals surface area contributed by atoms with Crippen molar-refractivity contribution in [1.29, 1.82) is 5.26 Å². The normalized spacial score (nSPS) is 13.3. The minimum atomic E-state index is -0.0921. The average molecular weight is 300 g/mol. The van der Waals surface area contributed by atoms with Gasteiger partial charge in [0.05, 0.1) is 17.7 Å². The summed E-state index contributed by atoms with van der Waals surface area (Å²) in [6.07, 6.45) is 0. The largest absolute Gasteiger partial charge is 0.366 e. The van der Waals surface area contributed by atoms with Gasteiger partial charge < -0.3 is 10.6 Å². The van der Waals surface area contributed by atoms with Gasteiger partial charge in [-0.2, -0.15) is 5.26 Å². The van der Waals surface area contributed by atoms with Gasteiger partial charge in [0.2, 0.25) is 0 Å². The Morgan fingerprint density at radius 3 is 2.29 bits per heavy atom. The first-order chi connectivity index (χ1) is 10.0. The summed E-state index contributed by atoms with van der Waals surface area (Å²) >= 11 is 6.32. The Hall–Kier alpha value is -2.02. The van der Waals surface area contributed by atoms with E-state index >= 15 is 0 Å². The van der Waals surface area contributed by atoms with E-state index in [1.165, 1.54) is 0 Å². The second-order valence-electron chi connectivity index (χ2n) is 5.10. The van der Waals surface area contributed by atoms with E-state index in [4.69, 9.17) is 22.6 Å². The Balaban J connectivity index is 2.38. The number of nitrogens with two attached hydrogens (primary N) is 1. The van der Waals surface area contributed by atoms with Crippen molar-refractivity contribution in [2.45, 2.75) is 19.0 Å². The molecule has 21 heavy (non-hydrogen) atoms. The van der Waals surface area contributed by atoms with Crippen molar-refractivity contribution in [2.75, 3.05) is 11.9 Å². The molecule has 2 atom stereocenters. The molecule has 0 bridgehead atoms. The minimum Gasteiger partial charge on any atom is -0.366 e. The topological polar surface area (TPSA) is 53.0 Å². The van der Waals surface area contributed by atoms with Gasteiger partial charge in [0, 0.05) is 23.8 Å². The van der Waals surface area contributed by atoms with Crippen molar-refractivity contribution in [2.24, 2.45) is 5.73 Å². The van der Waals surface area contributed by atoms with Crippen molar-refractivity contribution in [1.82, 2.24) is 0 Å². The molecule has 108 valence electrons. The van der Waals surface area contributed by atoms with Gasteiger partial charge in [0.15, 0.2) is 0 Å². The monoisotopic (exact) mass is 299 g/mol. The predicted molar refractivity (Wildman–Crippen MR) is 87.4 cm³/mol. The molecule has 2 aromatic carbocycles. The molecule has 0 heterocycles. The quantitative estimate of drug-likeness (QED) is 0.935. The molecule has 0 saturated carbocycles. The third-order valence-electron chi connectivity index (χ3n) is 3.54. The number of likely N-dealkylation sites (N-methyl/N-ethyl adjacent to an activating group) is 1. The van der Waals surface area contributed by atoms with Crippen LogP contribution >= 0.6 is 11.6 Å². The highest BCUT2D eigenvalue weighted by atomic mass is 35.5. The van der Waals surface area contributed by atoms with Crippen LogP contribution in [-0.2, 0) is 0 Å². The zero-order valence-corrected chi connectivity index (χ0v) is 12.9. The molecule has 0 radical (unpaired) electrons. The molecule has 0 aliphatic heterocycles. The lowest BCUT2D eigenvalue weighted by atomic mass is 9.98. The Bertz CT molecular complexity index is 644. The van der Waals surface area contributed by atoms with Crippen LogP contribution in [-0.4, -0.2) is 13.1 Å². The van der Waals surface area contributed by atoms with Crippen LogP contribution in [0.15, 0.2) is 48.5 Å². The molecular weight excluding hydrogens is 282 g/mol. The van der Waals surface area contributed by atoms with Crippen LogP contribution in [0.5, 0.6) is 0 Å². The van der Waals surface area contributed by atoms with E-state index in [2.05, 4.69) is 11.0 Å². The van der Waals surface area contributed by atoms with E-state index in [-0.39, 0.29) is 12.1 Å². The van der Waals surface area contributed by atoms with Crippen LogP contribution in [0.2, 0.25) is 5.02 Å². The summed E-state index contributed by atoms with van der Waals surface area (Å²) in [5.41, 5.74) is 8.82. The number of nitriles is 1. The van der Waals surface area contributed by atoms with Gasteiger partial charge in [-0.05, 0) is 42.8 Å². The van der Waals surface area contributed by atoms with Crippen molar-refractivity contribution >= 4 is 17.3 Å². The van der Waals surface area contributed by atoms with Gasteiger partial charge in [-0.3, -0.25) is 0 Å². The summed E-state index contributed by atoms with van der Waals surface area (Å²) < 4.78 is 0. The van der Waals surface area contributed by atoms with Crippen molar-refractivity contribution in [3.8, 4) is 6.07 Å². The Labute approximate surface area is 130 Å². The Morgan fingerprint density at radius 1 is 1.14 bits per heavy atom. The molecule has 4 heteroatoms. The summed E-state index contributed by atoms with van der Waals surface area (Å²) in [4.78, 5) is 2.09. The molecular formula is C17H18ClN3. The molecule has 2 unspecified atom stereocenters. The second kappa shape index (κ2) is 6.62. The molecule has 3 nitrogen and oxygen atoms in total. The molecule has 2 aromatic rings. The first kappa shape index (κ1) is 15.4. The molecule has 0 spiro atoms. The first-order valence-electron chi connectivity index (χ1n) is 6.77. The zero-order chi connectivity index (χ0) is 15.4. The molecule has 0 aromatic heterocycles. The van der Waals surface area contributed by atoms with Gasteiger partial charge >= 0.3 is 0 Å². The van der Waals surface area contributed by atoms with Crippen molar-refractivity contribution < 1.29 is 0 Å². The van der Waals surface area contributed by atoms with Gasteiger partial charge in [-0.25, -0.2) is 0 Å². The third kappa shape index (κ3) is 3.36. The van der Waals surface area contributed by atoms with Gasteiger partial charge in [-0.1, -0.05) is 29.8 Å². The highest BCUT2D eigenvalue weighted by Gasteiger charge is 2.23. The lowest BCUT2D eigenvalue weighted by Gasteiger charge is -2.34. The van der Waals surface area contributed by atoms with Crippen LogP contribution in [0.4, 0.5) is 5.69 Å². The standard InChI is InChI=1S/C17H18ClN3/c1-12(20)17(15-5-3-4-6-16(15)18)21(2)14-9-7-13(11-19)8-10-14/h3-10,12,17H,20H2,1-2H3. The maximum atomic E-state index is 8.88. The van der Waals surface area contributed by atoms with Crippen molar-refractivity contribution in [3.05, 3.63) is 64.7 Å². The number of nitrogens with zero attached hydrogens (tertiary/aromatic N) is 2. The zero-order valence-electron chi connectivity index (χ0n) is 12.1. The number of hydrogen-bond acceptors (Lipinski definition) is 3. The number of anilines is 1. The van der Waals surface area contributed by atoms with Crippen LogP contribution < -0.4 is 10.6 Å². The average Bonchev–Trinajstić information content (AvgIpc) is 2.49. The second-order valence-corrected chi connectivity index (χ2v) is 5.50. The minimum absolute atomic E-state index is 0.0355. The summed E-state index contributed by atoms with van der Waals surface area (Å²) in [6, 6.07) is 17.2. The lowest BCUT2D eigenvalue weighted by Crippen LogP contribution is -2.37. The SMILES string of the molecule is CC(N)C(c1ccccc1Cl)N(C)c1ccc(C#N)cc1. The summed E-state index contributed by atoms with van der Waals surface area (Å²) in [6.45, 7) is 1.97. The maximum Gasteiger partial charge on any atom is 0.0991 e. The third-order valence-corrected chi connectivity index (χ3v) is 3.89. The van der Waals surface area contributed by atoms with E-state index < -0.39 is 0 Å². The van der Waals surface area contributed by atoms with Gasteiger partial charge in [0.1, 0.15) is 0 Å². The fraction of sp³-hybridized carbons (Fsp3) is 0.235. The lowest BCUT2D eigenvalue weighted by molar-refractivity contribution is 0.559. The highest BCUT2D eigenvalue weighted by Crippen LogP contribution is 2.32.